The Morgan fingerprint density at radius 2 is 1.75 bits per heavy atom. The van der Waals surface area contributed by atoms with Crippen LogP contribution in [0.3, 0.4) is 0 Å². The van der Waals surface area contributed by atoms with Gasteiger partial charge in [0.25, 0.3) is 17.0 Å². The van der Waals surface area contributed by atoms with Crippen LogP contribution < -0.4 is 27.4 Å². The molecule has 0 atom stereocenters. The maximum atomic E-state index is 14.8. The van der Waals surface area contributed by atoms with Gasteiger partial charge in [-0.05, 0) is 78.8 Å². The third-order valence-electron chi connectivity index (χ3n) is 7.12. The Hall–Kier alpha value is -3.78. The Balaban J connectivity index is 1.72. The molecule has 0 saturated carbocycles. The molecule has 0 aliphatic carbocycles. The number of halogens is 2. The molecule has 4 aromatic rings. The molecular formula is C28H27FIN5O5. The van der Waals surface area contributed by atoms with Gasteiger partial charge in [0.1, 0.15) is 17.0 Å². The van der Waals surface area contributed by atoms with Crippen molar-refractivity contribution in [2.75, 3.05) is 18.5 Å². The van der Waals surface area contributed by atoms with E-state index in [0.29, 0.717) is 40.9 Å². The predicted molar refractivity (Wildman–Crippen MR) is 158 cm³/mol. The normalized spacial score (nSPS) is 13.9. The van der Waals surface area contributed by atoms with Gasteiger partial charge in [-0.25, -0.2) is 9.18 Å². The lowest BCUT2D eigenvalue weighted by atomic mass is 10.1. The molecule has 1 fully saturated rings. The molecule has 1 amide bonds. The quantitative estimate of drug-likeness (QED) is 0.319. The molecule has 5 rings (SSSR count). The van der Waals surface area contributed by atoms with Gasteiger partial charge in [0.15, 0.2) is 0 Å². The Bertz CT molecular complexity index is 1840. The first-order chi connectivity index (χ1) is 19.1. The van der Waals surface area contributed by atoms with Gasteiger partial charge in [0.2, 0.25) is 0 Å². The summed E-state index contributed by atoms with van der Waals surface area (Å²) in [6, 6.07) is 10.9. The van der Waals surface area contributed by atoms with Crippen molar-refractivity contribution in [2.24, 2.45) is 14.1 Å². The standard InChI is InChI=1S/C28H27FIN5O5/c1-15-23-22(24(33(2)26(15)37)32-21-8-7-17(30)14-20(21)29)27(38)34(3)28(39)35(23)19-6-4-5-16(13-19)25(36)31-18-9-11-40-12-10-18/h4-8,13-14,18,32H,9-12H2,1-3H3,(H,31,36). The number of nitrogens with zero attached hydrogens (tertiary/aromatic N) is 3. The van der Waals surface area contributed by atoms with Crippen LogP contribution in [0, 0.1) is 16.3 Å². The van der Waals surface area contributed by atoms with Crippen LogP contribution in [0.15, 0.2) is 56.8 Å². The van der Waals surface area contributed by atoms with Crippen molar-refractivity contribution in [3.8, 4) is 5.69 Å². The zero-order valence-corrected chi connectivity index (χ0v) is 24.2. The number of aryl methyl sites for hydroxylation is 1. The Labute approximate surface area is 241 Å². The molecule has 1 aliphatic heterocycles. The molecule has 2 N–H and O–H groups in total. The van der Waals surface area contributed by atoms with Gasteiger partial charge >= 0.3 is 5.69 Å². The van der Waals surface area contributed by atoms with Crippen LogP contribution in [0.25, 0.3) is 16.6 Å². The van der Waals surface area contributed by atoms with Crippen LogP contribution in [0.2, 0.25) is 0 Å². The number of amides is 1. The number of hydrogen-bond donors (Lipinski definition) is 2. The van der Waals surface area contributed by atoms with E-state index in [9.17, 15) is 23.6 Å². The van der Waals surface area contributed by atoms with E-state index in [-0.39, 0.29) is 39.9 Å². The van der Waals surface area contributed by atoms with Crippen LogP contribution in [0.1, 0.15) is 28.8 Å². The average Bonchev–Trinajstić information content (AvgIpc) is 2.94. The number of anilines is 2. The number of hydrogen-bond acceptors (Lipinski definition) is 6. The molecule has 40 heavy (non-hydrogen) atoms. The monoisotopic (exact) mass is 659 g/mol. The van der Waals surface area contributed by atoms with E-state index in [1.807, 2.05) is 22.6 Å². The number of pyridine rings is 1. The van der Waals surface area contributed by atoms with E-state index < -0.39 is 22.6 Å². The zero-order chi connectivity index (χ0) is 28.7. The minimum Gasteiger partial charge on any atom is -0.381 e. The fourth-order valence-corrected chi connectivity index (χ4v) is 5.36. The Morgan fingerprint density at radius 3 is 2.45 bits per heavy atom. The summed E-state index contributed by atoms with van der Waals surface area (Å²) in [7, 11) is 2.80. The van der Waals surface area contributed by atoms with Crippen molar-refractivity contribution >= 4 is 50.9 Å². The fraction of sp³-hybridized carbons (Fsp3) is 0.286. The fourth-order valence-electron chi connectivity index (χ4n) is 4.91. The number of nitrogens with one attached hydrogen (secondary N) is 2. The first-order valence-corrected chi connectivity index (χ1v) is 13.7. The summed E-state index contributed by atoms with van der Waals surface area (Å²) in [5.41, 5.74) is -0.918. The van der Waals surface area contributed by atoms with Crippen LogP contribution in [-0.4, -0.2) is 38.9 Å². The summed E-state index contributed by atoms with van der Waals surface area (Å²) in [6.07, 6.45) is 1.41. The lowest BCUT2D eigenvalue weighted by Gasteiger charge is -2.23. The molecule has 2 aromatic carbocycles. The summed E-state index contributed by atoms with van der Waals surface area (Å²) in [4.78, 5) is 53.5. The van der Waals surface area contributed by atoms with Gasteiger partial charge in [0, 0.05) is 48.0 Å². The van der Waals surface area contributed by atoms with Gasteiger partial charge in [-0.15, -0.1) is 0 Å². The molecule has 10 nitrogen and oxygen atoms in total. The van der Waals surface area contributed by atoms with E-state index in [1.165, 1.54) is 42.3 Å². The van der Waals surface area contributed by atoms with Gasteiger partial charge < -0.3 is 15.4 Å². The average molecular weight is 659 g/mol. The summed E-state index contributed by atoms with van der Waals surface area (Å²) >= 11 is 1.98. The second kappa shape index (κ2) is 11.0. The third-order valence-corrected chi connectivity index (χ3v) is 7.79. The van der Waals surface area contributed by atoms with Gasteiger partial charge in [-0.2, -0.15) is 0 Å². The minimum absolute atomic E-state index is 0.0217. The molecular weight excluding hydrogens is 632 g/mol. The summed E-state index contributed by atoms with van der Waals surface area (Å²) in [5.74, 6) is -0.838. The van der Waals surface area contributed by atoms with Crippen molar-refractivity contribution in [3.05, 3.63) is 94.2 Å². The topological polar surface area (TPSA) is 116 Å². The highest BCUT2D eigenvalue weighted by Gasteiger charge is 2.24. The summed E-state index contributed by atoms with van der Waals surface area (Å²) < 4.78 is 24.2. The molecule has 12 heteroatoms. The number of benzene rings is 2. The van der Waals surface area contributed by atoms with E-state index >= 15 is 0 Å². The second-order valence-electron chi connectivity index (χ2n) is 9.70. The zero-order valence-electron chi connectivity index (χ0n) is 22.1. The Kier molecular flexibility index (Phi) is 7.64. The Morgan fingerprint density at radius 1 is 1.02 bits per heavy atom. The number of carbonyl (C=O) groups is 1. The van der Waals surface area contributed by atoms with Crippen molar-refractivity contribution in [1.82, 2.24) is 19.0 Å². The number of fused-ring (bicyclic) bond motifs is 1. The number of ether oxygens (including phenoxy) is 1. The van der Waals surface area contributed by atoms with Crippen molar-refractivity contribution < 1.29 is 13.9 Å². The largest absolute Gasteiger partial charge is 0.381 e. The predicted octanol–water partition coefficient (Wildman–Crippen LogP) is 3.09. The summed E-state index contributed by atoms with van der Waals surface area (Å²) in [6.45, 7) is 2.67. The van der Waals surface area contributed by atoms with Crippen molar-refractivity contribution in [1.29, 1.82) is 0 Å². The molecule has 0 bridgehead atoms. The van der Waals surface area contributed by atoms with Crippen molar-refractivity contribution in [2.45, 2.75) is 25.8 Å². The minimum atomic E-state index is -0.692. The summed E-state index contributed by atoms with van der Waals surface area (Å²) in [5, 5.41) is 5.93. The highest BCUT2D eigenvalue weighted by Crippen LogP contribution is 2.27. The maximum Gasteiger partial charge on any atom is 0.335 e. The SMILES string of the molecule is Cc1c(=O)n(C)c(Nc2ccc(I)cc2F)c2c(=O)n(C)c(=O)n(-c3cccc(C(=O)NC4CCOCC4)c3)c12. The number of aromatic nitrogens is 3. The van der Waals surface area contributed by atoms with Crippen LogP contribution in [0.4, 0.5) is 15.9 Å². The molecule has 1 saturated heterocycles. The number of carbonyl (C=O) groups excluding carboxylic acids is 1. The van der Waals surface area contributed by atoms with E-state index in [1.54, 1.807) is 30.3 Å². The highest BCUT2D eigenvalue weighted by atomic mass is 127. The highest BCUT2D eigenvalue weighted by molar-refractivity contribution is 14.1. The second-order valence-corrected chi connectivity index (χ2v) is 10.9. The molecule has 3 heterocycles. The van der Waals surface area contributed by atoms with E-state index in [4.69, 9.17) is 4.74 Å². The third kappa shape index (κ3) is 4.96. The molecule has 0 spiro atoms. The molecule has 2 aromatic heterocycles. The lowest BCUT2D eigenvalue weighted by Crippen LogP contribution is -2.40. The molecule has 1 aliphatic rings. The first-order valence-electron chi connectivity index (χ1n) is 12.6. The number of rotatable bonds is 5. The molecule has 0 radical (unpaired) electrons. The molecule has 0 unspecified atom stereocenters. The van der Waals surface area contributed by atoms with Crippen LogP contribution in [-0.2, 0) is 18.8 Å². The first kappa shape index (κ1) is 27.8. The maximum absolute atomic E-state index is 14.8. The smallest absolute Gasteiger partial charge is 0.335 e. The van der Waals surface area contributed by atoms with E-state index in [0.717, 1.165) is 4.57 Å². The van der Waals surface area contributed by atoms with E-state index in [2.05, 4.69) is 10.6 Å². The lowest BCUT2D eigenvalue weighted by molar-refractivity contribution is 0.0696. The van der Waals surface area contributed by atoms with Crippen molar-refractivity contribution in [3.63, 3.8) is 0 Å². The van der Waals surface area contributed by atoms with Crippen LogP contribution in [0.5, 0.6) is 0 Å². The molecule has 208 valence electrons. The van der Waals surface area contributed by atoms with Gasteiger partial charge in [-0.3, -0.25) is 28.1 Å². The van der Waals surface area contributed by atoms with Gasteiger partial charge in [-0.1, -0.05) is 6.07 Å². The van der Waals surface area contributed by atoms with Crippen LogP contribution >= 0.6 is 22.6 Å². The van der Waals surface area contributed by atoms with Gasteiger partial charge in [0.05, 0.1) is 16.9 Å².